The molecule has 1 saturated carbocycles. The number of hydrogen-bond acceptors (Lipinski definition) is 7. The van der Waals surface area contributed by atoms with Crippen molar-refractivity contribution in [3.8, 4) is 10.4 Å². The summed E-state index contributed by atoms with van der Waals surface area (Å²) in [7, 11) is 0. The third-order valence-electron chi connectivity index (χ3n) is 6.71. The Hall–Kier alpha value is -2.66. The topological polar surface area (TPSA) is 107 Å². The third-order valence-corrected chi connectivity index (χ3v) is 7.80. The van der Waals surface area contributed by atoms with Crippen molar-refractivity contribution in [1.82, 2.24) is 20.2 Å². The molecule has 36 heavy (non-hydrogen) atoms. The van der Waals surface area contributed by atoms with Crippen molar-refractivity contribution in [2.45, 2.75) is 83.4 Å². The fourth-order valence-electron chi connectivity index (χ4n) is 4.64. The summed E-state index contributed by atoms with van der Waals surface area (Å²) in [5.74, 6) is -3.16. The second kappa shape index (κ2) is 10.0. The summed E-state index contributed by atoms with van der Waals surface area (Å²) in [6.45, 7) is 7.61. The first-order chi connectivity index (χ1) is 16.9. The van der Waals surface area contributed by atoms with E-state index in [-0.39, 0.29) is 35.6 Å². The maximum atomic E-state index is 14.1. The molecule has 2 fully saturated rings. The van der Waals surface area contributed by atoms with E-state index >= 15 is 0 Å². The average Bonchev–Trinajstić information content (AvgIpc) is 3.50. The number of carbonyl (C=O) groups is 2. The summed E-state index contributed by atoms with van der Waals surface area (Å²) < 4.78 is 28.2. The molecule has 8 nitrogen and oxygen atoms in total. The van der Waals surface area contributed by atoms with Crippen LogP contribution in [0.5, 0.6) is 0 Å². The summed E-state index contributed by atoms with van der Waals surface area (Å²) in [6.07, 6.45) is 4.04. The lowest BCUT2D eigenvalue weighted by molar-refractivity contribution is -0.000702. The fraction of sp³-hybridized carbons (Fsp3) is 0.600. The van der Waals surface area contributed by atoms with E-state index in [1.165, 1.54) is 0 Å². The van der Waals surface area contributed by atoms with E-state index in [1.807, 2.05) is 13.8 Å². The van der Waals surface area contributed by atoms with Crippen LogP contribution in [0.25, 0.3) is 10.4 Å². The number of halogens is 2. The molecule has 11 heteroatoms. The van der Waals surface area contributed by atoms with Crippen LogP contribution in [0.3, 0.4) is 0 Å². The minimum Gasteiger partial charge on any atom is -0.389 e. The van der Waals surface area contributed by atoms with Gasteiger partial charge in [0.05, 0.1) is 16.5 Å². The molecule has 1 saturated heterocycles. The molecule has 2 atom stereocenters. The Morgan fingerprint density at radius 2 is 2.06 bits per heavy atom. The van der Waals surface area contributed by atoms with Crippen molar-refractivity contribution in [2.24, 2.45) is 0 Å². The Balaban J connectivity index is 1.66. The normalized spacial score (nSPS) is 21.6. The smallest absolute Gasteiger partial charge is 0.280 e. The minimum absolute atomic E-state index is 0.0277. The molecule has 0 spiro atoms. The van der Waals surface area contributed by atoms with Gasteiger partial charge in [0.25, 0.3) is 17.7 Å². The first-order valence-electron chi connectivity index (χ1n) is 12.3. The predicted molar refractivity (Wildman–Crippen MR) is 135 cm³/mol. The van der Waals surface area contributed by atoms with Crippen LogP contribution in [0.1, 0.15) is 78.7 Å². The number of anilines is 1. The van der Waals surface area contributed by atoms with Crippen molar-refractivity contribution < 1.29 is 23.5 Å². The Morgan fingerprint density at radius 1 is 1.31 bits per heavy atom. The minimum atomic E-state index is -2.77. The van der Waals surface area contributed by atoms with Crippen LogP contribution >= 0.6 is 11.3 Å². The standard InChI is InChI=1S/C25H33F2N5O3S/c1-14-11-18(30-17-8-5-9-25(17,26)27)28-12-16(14)20-19(23(34)32-10-6-7-15(32)2)31-22(36-20)21(33)29-13-24(3,4)35/h11-12,15,17,35H,5-10,13H2,1-4H3,(H,28,30)(H,29,33)/t15-,17?/m0/s1. The maximum absolute atomic E-state index is 14.1. The number of aliphatic hydroxyl groups is 1. The number of alkyl halides is 2. The number of likely N-dealkylation sites (tertiary alicyclic amines) is 1. The molecule has 2 aromatic rings. The van der Waals surface area contributed by atoms with Crippen LogP contribution in [0.4, 0.5) is 14.6 Å². The number of rotatable bonds is 7. The van der Waals surface area contributed by atoms with E-state index in [2.05, 4.69) is 20.6 Å². The van der Waals surface area contributed by atoms with Gasteiger partial charge in [-0.2, -0.15) is 0 Å². The molecule has 1 aliphatic heterocycles. The van der Waals surface area contributed by atoms with Crippen LogP contribution in [-0.2, 0) is 0 Å². The summed E-state index contributed by atoms with van der Waals surface area (Å²) >= 11 is 1.08. The highest BCUT2D eigenvalue weighted by atomic mass is 32.1. The summed E-state index contributed by atoms with van der Waals surface area (Å²) in [6, 6.07) is 0.793. The van der Waals surface area contributed by atoms with Crippen LogP contribution in [0, 0.1) is 6.92 Å². The zero-order chi connectivity index (χ0) is 26.3. The van der Waals surface area contributed by atoms with E-state index in [0.29, 0.717) is 35.6 Å². The van der Waals surface area contributed by atoms with Crippen molar-refractivity contribution in [2.75, 3.05) is 18.4 Å². The van der Waals surface area contributed by atoms with Gasteiger partial charge in [-0.05, 0) is 65.0 Å². The monoisotopic (exact) mass is 521 g/mol. The van der Waals surface area contributed by atoms with E-state index in [1.54, 1.807) is 31.0 Å². The largest absolute Gasteiger partial charge is 0.389 e. The summed E-state index contributed by atoms with van der Waals surface area (Å²) in [5, 5.41) is 15.6. The Kier molecular flexibility index (Phi) is 7.34. The van der Waals surface area contributed by atoms with E-state index in [0.717, 1.165) is 29.7 Å². The molecule has 0 aromatic carbocycles. The number of aryl methyl sites for hydroxylation is 1. The molecule has 196 valence electrons. The second-order valence-electron chi connectivity index (χ2n) is 10.4. The number of carbonyl (C=O) groups excluding carboxylic acids is 2. The number of pyridine rings is 1. The molecule has 1 aliphatic carbocycles. The number of nitrogens with zero attached hydrogens (tertiary/aromatic N) is 3. The first kappa shape index (κ1) is 26.4. The van der Waals surface area contributed by atoms with Crippen molar-refractivity contribution in [3.63, 3.8) is 0 Å². The lowest BCUT2D eigenvalue weighted by atomic mass is 10.1. The summed E-state index contributed by atoms with van der Waals surface area (Å²) in [5.41, 5.74) is 0.422. The third kappa shape index (κ3) is 5.67. The van der Waals surface area contributed by atoms with Gasteiger partial charge in [-0.3, -0.25) is 9.59 Å². The molecule has 3 N–H and O–H groups in total. The van der Waals surface area contributed by atoms with Crippen molar-refractivity contribution in [3.05, 3.63) is 28.5 Å². The number of thiazole rings is 1. The van der Waals surface area contributed by atoms with E-state index in [9.17, 15) is 23.5 Å². The molecule has 3 heterocycles. The average molecular weight is 522 g/mol. The van der Waals surface area contributed by atoms with Gasteiger partial charge in [0.2, 0.25) is 0 Å². The van der Waals surface area contributed by atoms with Crippen LogP contribution < -0.4 is 10.6 Å². The van der Waals surface area contributed by atoms with Gasteiger partial charge in [0.1, 0.15) is 11.5 Å². The number of nitrogens with one attached hydrogen (secondary N) is 2. The zero-order valence-electron chi connectivity index (χ0n) is 21.0. The fourth-order valence-corrected chi connectivity index (χ4v) is 5.69. The predicted octanol–water partition coefficient (Wildman–Crippen LogP) is 4.24. The molecule has 2 aliphatic rings. The van der Waals surface area contributed by atoms with Crippen molar-refractivity contribution >= 4 is 29.0 Å². The molecule has 2 aromatic heterocycles. The second-order valence-corrected chi connectivity index (χ2v) is 11.4. The van der Waals surface area contributed by atoms with Crippen LogP contribution in [0.2, 0.25) is 0 Å². The van der Waals surface area contributed by atoms with Gasteiger partial charge < -0.3 is 20.6 Å². The Morgan fingerprint density at radius 3 is 2.64 bits per heavy atom. The zero-order valence-corrected chi connectivity index (χ0v) is 21.8. The molecular formula is C25H33F2N5O3S. The highest BCUT2D eigenvalue weighted by molar-refractivity contribution is 7.17. The van der Waals surface area contributed by atoms with Gasteiger partial charge in [-0.1, -0.05) is 0 Å². The molecular weight excluding hydrogens is 488 g/mol. The van der Waals surface area contributed by atoms with Gasteiger partial charge in [-0.15, -0.1) is 11.3 Å². The molecule has 2 amide bonds. The molecule has 0 radical (unpaired) electrons. The number of amides is 2. The molecule has 4 rings (SSSR count). The SMILES string of the molecule is Cc1cc(NC2CCCC2(F)F)ncc1-c1sc(C(=O)NCC(C)(C)O)nc1C(=O)N1CCC[C@@H]1C. The van der Waals surface area contributed by atoms with Gasteiger partial charge in [-0.25, -0.2) is 18.7 Å². The Bertz CT molecular complexity index is 1150. The summed E-state index contributed by atoms with van der Waals surface area (Å²) in [4.78, 5) is 37.3. The maximum Gasteiger partial charge on any atom is 0.280 e. The number of aromatic nitrogens is 2. The quantitative estimate of drug-likeness (QED) is 0.503. The van der Waals surface area contributed by atoms with Gasteiger partial charge >= 0.3 is 0 Å². The first-order valence-corrected chi connectivity index (χ1v) is 13.1. The van der Waals surface area contributed by atoms with Gasteiger partial charge in [0, 0.05) is 37.3 Å². The van der Waals surface area contributed by atoms with Crippen molar-refractivity contribution in [1.29, 1.82) is 0 Å². The molecule has 0 bridgehead atoms. The molecule has 1 unspecified atom stereocenters. The highest BCUT2D eigenvalue weighted by Gasteiger charge is 2.44. The van der Waals surface area contributed by atoms with Gasteiger partial charge in [0.15, 0.2) is 5.01 Å². The van der Waals surface area contributed by atoms with E-state index < -0.39 is 23.5 Å². The van der Waals surface area contributed by atoms with Crippen LogP contribution in [-0.4, -0.2) is 68.5 Å². The lowest BCUT2D eigenvalue weighted by Crippen LogP contribution is -2.38. The van der Waals surface area contributed by atoms with E-state index in [4.69, 9.17) is 0 Å². The highest BCUT2D eigenvalue weighted by Crippen LogP contribution is 2.38. The number of hydrogen-bond donors (Lipinski definition) is 3. The Labute approximate surface area is 213 Å². The lowest BCUT2D eigenvalue weighted by Gasteiger charge is -2.22. The van der Waals surface area contributed by atoms with Crippen LogP contribution in [0.15, 0.2) is 12.3 Å².